The lowest BCUT2D eigenvalue weighted by molar-refractivity contribution is 0.446. The van der Waals surface area contributed by atoms with Gasteiger partial charge in [-0.1, -0.05) is 112 Å². The fourth-order valence-electron chi connectivity index (χ4n) is 3.72. The van der Waals surface area contributed by atoms with Crippen molar-refractivity contribution in [2.24, 2.45) is 5.92 Å². The normalized spacial score (nSPS) is 12.9. The smallest absolute Gasteiger partial charge is 0.00463 e. The number of fused-ring (bicyclic) bond motifs is 1. The van der Waals surface area contributed by atoms with Crippen molar-refractivity contribution in [3.63, 3.8) is 0 Å². The molecule has 1 unspecified atom stereocenters. The monoisotopic (exact) mass is 328 g/mol. The minimum atomic E-state index is 0.489. The van der Waals surface area contributed by atoms with Gasteiger partial charge in [0.15, 0.2) is 0 Å². The molecule has 3 rings (SSSR count). The number of allylic oxidation sites excluding steroid dienone is 2. The second-order valence-corrected chi connectivity index (χ2v) is 6.83. The molecule has 0 nitrogen and oxygen atoms in total. The molecule has 0 aliphatic rings. The van der Waals surface area contributed by atoms with Crippen LogP contribution in [0.4, 0.5) is 0 Å². The van der Waals surface area contributed by atoms with Crippen LogP contribution < -0.4 is 0 Å². The quantitative estimate of drug-likeness (QED) is 0.404. The van der Waals surface area contributed by atoms with Crippen molar-refractivity contribution < 1.29 is 0 Å². The van der Waals surface area contributed by atoms with Crippen molar-refractivity contribution in [1.29, 1.82) is 0 Å². The Morgan fingerprint density at radius 1 is 0.760 bits per heavy atom. The summed E-state index contributed by atoms with van der Waals surface area (Å²) in [6.07, 6.45) is 8.22. The molecule has 3 aromatic rings. The standard InChI is InChI=1S/C25H28/c1-3-21(4-2)25(16-10-13-20-11-6-5-7-12-20)24-18-17-22-14-8-9-15-23(22)19-24/h5-12,14-19,21,25H,3-4,13H2,1-2H3/b16-10+. The first-order valence-electron chi connectivity index (χ1n) is 9.51. The molecule has 0 saturated heterocycles. The van der Waals surface area contributed by atoms with Crippen molar-refractivity contribution >= 4 is 10.8 Å². The van der Waals surface area contributed by atoms with Gasteiger partial charge < -0.3 is 0 Å². The average molecular weight is 328 g/mol. The summed E-state index contributed by atoms with van der Waals surface area (Å²) in [6, 6.07) is 26.3. The summed E-state index contributed by atoms with van der Waals surface area (Å²) >= 11 is 0. The summed E-state index contributed by atoms with van der Waals surface area (Å²) in [5.74, 6) is 1.18. The Hall–Kier alpha value is -2.34. The molecule has 0 fully saturated rings. The third-order valence-corrected chi connectivity index (χ3v) is 5.25. The highest BCUT2D eigenvalue weighted by Gasteiger charge is 2.18. The van der Waals surface area contributed by atoms with Gasteiger partial charge in [-0.25, -0.2) is 0 Å². The zero-order chi connectivity index (χ0) is 17.5. The Morgan fingerprint density at radius 3 is 2.16 bits per heavy atom. The van der Waals surface area contributed by atoms with Gasteiger partial charge in [0.1, 0.15) is 0 Å². The van der Waals surface area contributed by atoms with E-state index < -0.39 is 0 Å². The first-order chi connectivity index (χ1) is 12.3. The summed E-state index contributed by atoms with van der Waals surface area (Å²) < 4.78 is 0. The molecule has 0 heteroatoms. The van der Waals surface area contributed by atoms with E-state index in [9.17, 15) is 0 Å². The van der Waals surface area contributed by atoms with Crippen LogP contribution in [0.1, 0.15) is 43.7 Å². The minimum Gasteiger partial charge on any atom is -0.0835 e. The van der Waals surface area contributed by atoms with Crippen LogP contribution in [0.5, 0.6) is 0 Å². The molecule has 0 saturated carbocycles. The van der Waals surface area contributed by atoms with Gasteiger partial charge in [-0.05, 0) is 34.2 Å². The average Bonchev–Trinajstić information content (AvgIpc) is 2.68. The van der Waals surface area contributed by atoms with Crippen LogP contribution >= 0.6 is 0 Å². The van der Waals surface area contributed by atoms with Crippen molar-refractivity contribution in [2.45, 2.75) is 39.0 Å². The summed E-state index contributed by atoms with van der Waals surface area (Å²) in [5, 5.41) is 2.66. The molecule has 25 heavy (non-hydrogen) atoms. The highest BCUT2D eigenvalue weighted by molar-refractivity contribution is 5.83. The Balaban J connectivity index is 1.87. The van der Waals surface area contributed by atoms with Gasteiger partial charge in [-0.15, -0.1) is 0 Å². The first kappa shape index (κ1) is 17.5. The van der Waals surface area contributed by atoms with Gasteiger partial charge >= 0.3 is 0 Å². The van der Waals surface area contributed by atoms with Crippen LogP contribution in [0.25, 0.3) is 10.8 Å². The molecule has 0 aliphatic heterocycles. The Morgan fingerprint density at radius 2 is 1.44 bits per heavy atom. The summed E-state index contributed by atoms with van der Waals surface area (Å²) in [7, 11) is 0. The molecule has 0 amide bonds. The van der Waals surface area contributed by atoms with E-state index in [0.717, 1.165) is 6.42 Å². The lowest BCUT2D eigenvalue weighted by Crippen LogP contribution is -2.09. The molecular weight excluding hydrogens is 300 g/mol. The van der Waals surface area contributed by atoms with Crippen LogP contribution in [-0.2, 0) is 6.42 Å². The molecule has 0 N–H and O–H groups in total. The van der Waals surface area contributed by atoms with E-state index in [-0.39, 0.29) is 0 Å². The molecule has 0 heterocycles. The molecule has 0 bridgehead atoms. The second-order valence-electron chi connectivity index (χ2n) is 6.83. The Labute approximate surface area is 152 Å². The lowest BCUT2D eigenvalue weighted by Gasteiger charge is -2.23. The Bertz CT molecular complexity index is 810. The SMILES string of the molecule is CCC(CC)C(/C=C/Cc1ccccc1)c1ccc2ccccc2c1. The van der Waals surface area contributed by atoms with Gasteiger partial charge in [-0.2, -0.15) is 0 Å². The van der Waals surface area contributed by atoms with Crippen LogP contribution in [-0.4, -0.2) is 0 Å². The van der Waals surface area contributed by atoms with Crippen molar-refractivity contribution in [2.75, 3.05) is 0 Å². The van der Waals surface area contributed by atoms with Gasteiger partial charge in [0, 0.05) is 5.92 Å². The molecule has 0 spiro atoms. The maximum Gasteiger partial charge on any atom is 0.00463 e. The Kier molecular flexibility index (Phi) is 6.06. The van der Waals surface area contributed by atoms with E-state index >= 15 is 0 Å². The zero-order valence-corrected chi connectivity index (χ0v) is 15.4. The topological polar surface area (TPSA) is 0 Å². The molecule has 128 valence electrons. The first-order valence-corrected chi connectivity index (χ1v) is 9.51. The summed E-state index contributed by atoms with van der Waals surface area (Å²) in [5.41, 5.74) is 2.82. The molecule has 0 aromatic heterocycles. The van der Waals surface area contributed by atoms with Crippen LogP contribution in [0.15, 0.2) is 84.9 Å². The lowest BCUT2D eigenvalue weighted by atomic mass is 9.81. The van der Waals surface area contributed by atoms with Gasteiger partial charge in [0.05, 0.1) is 0 Å². The largest absolute Gasteiger partial charge is 0.0835 e. The van der Waals surface area contributed by atoms with E-state index in [1.807, 2.05) is 0 Å². The fourth-order valence-corrected chi connectivity index (χ4v) is 3.72. The third-order valence-electron chi connectivity index (χ3n) is 5.25. The van der Waals surface area contributed by atoms with E-state index in [1.54, 1.807) is 0 Å². The highest BCUT2D eigenvalue weighted by Crippen LogP contribution is 2.33. The second kappa shape index (κ2) is 8.67. The predicted molar refractivity (Wildman–Crippen MR) is 110 cm³/mol. The maximum atomic E-state index is 2.44. The van der Waals surface area contributed by atoms with E-state index in [4.69, 9.17) is 0 Å². The number of benzene rings is 3. The van der Waals surface area contributed by atoms with Crippen LogP contribution in [0, 0.1) is 5.92 Å². The van der Waals surface area contributed by atoms with E-state index in [1.165, 1.54) is 34.7 Å². The van der Waals surface area contributed by atoms with E-state index in [0.29, 0.717) is 11.8 Å². The van der Waals surface area contributed by atoms with Crippen molar-refractivity contribution in [3.8, 4) is 0 Å². The molecule has 0 radical (unpaired) electrons. The van der Waals surface area contributed by atoms with Gasteiger partial charge in [0.2, 0.25) is 0 Å². The van der Waals surface area contributed by atoms with Crippen molar-refractivity contribution in [1.82, 2.24) is 0 Å². The molecular formula is C25H28. The highest BCUT2D eigenvalue weighted by atomic mass is 14.2. The van der Waals surface area contributed by atoms with Gasteiger partial charge in [0.25, 0.3) is 0 Å². The minimum absolute atomic E-state index is 0.489. The number of hydrogen-bond acceptors (Lipinski definition) is 0. The molecule has 1 atom stereocenters. The number of rotatable bonds is 7. The van der Waals surface area contributed by atoms with Crippen molar-refractivity contribution in [3.05, 3.63) is 96.1 Å². The van der Waals surface area contributed by atoms with Crippen LogP contribution in [0.3, 0.4) is 0 Å². The zero-order valence-electron chi connectivity index (χ0n) is 15.4. The van der Waals surface area contributed by atoms with Gasteiger partial charge in [-0.3, -0.25) is 0 Å². The molecule has 3 aromatic carbocycles. The number of hydrogen-bond donors (Lipinski definition) is 0. The summed E-state index contributed by atoms with van der Waals surface area (Å²) in [4.78, 5) is 0. The molecule has 0 aliphatic carbocycles. The fraction of sp³-hybridized carbons (Fsp3) is 0.280. The van der Waals surface area contributed by atoms with Crippen LogP contribution in [0.2, 0.25) is 0 Å². The predicted octanol–water partition coefficient (Wildman–Crippen LogP) is 7.16. The maximum absolute atomic E-state index is 2.44. The summed E-state index contributed by atoms with van der Waals surface area (Å²) in [6.45, 7) is 4.63. The van der Waals surface area contributed by atoms with E-state index in [2.05, 4.69) is 98.8 Å². The third kappa shape index (κ3) is 4.39.